The van der Waals surface area contributed by atoms with E-state index in [4.69, 9.17) is 5.73 Å². The summed E-state index contributed by atoms with van der Waals surface area (Å²) < 4.78 is 0. The number of benzene rings is 1. The van der Waals surface area contributed by atoms with Gasteiger partial charge in [0, 0.05) is 24.3 Å². The Morgan fingerprint density at radius 1 is 1.24 bits per heavy atom. The van der Waals surface area contributed by atoms with Gasteiger partial charge in [0.15, 0.2) is 0 Å². The molecule has 0 unspecified atom stereocenters. The molecule has 3 N–H and O–H groups in total. The van der Waals surface area contributed by atoms with Crippen molar-refractivity contribution in [3.63, 3.8) is 0 Å². The molecule has 1 aromatic rings. The number of carbonyl (C=O) groups excluding carboxylic acids is 2. The van der Waals surface area contributed by atoms with Crippen molar-refractivity contribution < 1.29 is 9.59 Å². The zero-order chi connectivity index (χ0) is 15.6. The van der Waals surface area contributed by atoms with Gasteiger partial charge in [-0.1, -0.05) is 0 Å². The molecule has 0 aliphatic carbocycles. The van der Waals surface area contributed by atoms with Gasteiger partial charge in [-0.15, -0.1) is 0 Å². The summed E-state index contributed by atoms with van der Waals surface area (Å²) in [7, 11) is 0. The second-order valence-electron chi connectivity index (χ2n) is 6.20. The Bertz CT molecular complexity index is 555. The number of aryl methyl sites for hydroxylation is 1. The van der Waals surface area contributed by atoms with E-state index < -0.39 is 5.54 Å². The van der Waals surface area contributed by atoms with Gasteiger partial charge in [-0.25, -0.2) is 0 Å². The summed E-state index contributed by atoms with van der Waals surface area (Å²) in [4.78, 5) is 26.1. The summed E-state index contributed by atoms with van der Waals surface area (Å²) in [6.07, 6.45) is 2.15. The Morgan fingerprint density at radius 3 is 2.38 bits per heavy atom. The van der Waals surface area contributed by atoms with Crippen LogP contribution in [0, 0.1) is 6.92 Å². The molecule has 1 aromatic carbocycles. The largest absolute Gasteiger partial charge is 0.339 e. The maximum Gasteiger partial charge on any atom is 0.254 e. The van der Waals surface area contributed by atoms with Crippen molar-refractivity contribution in [3.8, 4) is 0 Å². The fourth-order valence-electron chi connectivity index (χ4n) is 2.36. The van der Waals surface area contributed by atoms with Crippen LogP contribution in [0.15, 0.2) is 18.2 Å². The molecule has 0 atom stereocenters. The van der Waals surface area contributed by atoms with Crippen LogP contribution in [0.3, 0.4) is 0 Å². The molecular weight excluding hydrogens is 266 g/mol. The highest BCUT2D eigenvalue weighted by atomic mass is 16.2. The van der Waals surface area contributed by atoms with Crippen LogP contribution in [0.1, 0.15) is 42.6 Å². The number of hydrogen-bond donors (Lipinski definition) is 2. The van der Waals surface area contributed by atoms with Crippen molar-refractivity contribution in [2.24, 2.45) is 5.73 Å². The summed E-state index contributed by atoms with van der Waals surface area (Å²) in [6.45, 7) is 6.85. The number of amides is 2. The van der Waals surface area contributed by atoms with E-state index in [1.165, 1.54) is 0 Å². The van der Waals surface area contributed by atoms with Gasteiger partial charge in [-0.05, 0) is 57.4 Å². The van der Waals surface area contributed by atoms with Gasteiger partial charge >= 0.3 is 0 Å². The molecule has 1 heterocycles. The maximum absolute atomic E-state index is 12.4. The lowest BCUT2D eigenvalue weighted by Crippen LogP contribution is -2.45. The predicted molar refractivity (Wildman–Crippen MR) is 83.2 cm³/mol. The van der Waals surface area contributed by atoms with E-state index in [0.717, 1.165) is 31.5 Å². The first-order valence-corrected chi connectivity index (χ1v) is 7.29. The molecule has 1 aliphatic heterocycles. The summed E-state index contributed by atoms with van der Waals surface area (Å²) >= 11 is 0. The number of nitrogens with zero attached hydrogens (tertiary/aromatic N) is 1. The van der Waals surface area contributed by atoms with E-state index >= 15 is 0 Å². The highest BCUT2D eigenvalue weighted by Gasteiger charge is 2.23. The van der Waals surface area contributed by atoms with Crippen molar-refractivity contribution in [2.45, 2.75) is 39.2 Å². The van der Waals surface area contributed by atoms with Gasteiger partial charge in [0.2, 0.25) is 5.91 Å². The number of likely N-dealkylation sites (tertiary alicyclic amines) is 1. The first-order chi connectivity index (χ1) is 9.79. The molecular formula is C16H23N3O2. The molecule has 1 fully saturated rings. The molecule has 5 heteroatoms. The van der Waals surface area contributed by atoms with Crippen molar-refractivity contribution in [1.29, 1.82) is 0 Å². The first-order valence-electron chi connectivity index (χ1n) is 7.29. The lowest BCUT2D eigenvalue weighted by Gasteiger charge is -2.19. The number of hydrogen-bond acceptors (Lipinski definition) is 3. The highest BCUT2D eigenvalue weighted by Crippen LogP contribution is 2.20. The minimum Gasteiger partial charge on any atom is -0.339 e. The monoisotopic (exact) mass is 289 g/mol. The second kappa shape index (κ2) is 5.85. The van der Waals surface area contributed by atoms with Crippen molar-refractivity contribution in [1.82, 2.24) is 4.90 Å². The molecule has 5 nitrogen and oxygen atoms in total. The Kier molecular flexibility index (Phi) is 4.32. The molecule has 2 amide bonds. The zero-order valence-corrected chi connectivity index (χ0v) is 12.9. The minimum absolute atomic E-state index is 0.0713. The predicted octanol–water partition coefficient (Wildman–Crippen LogP) is 1.91. The smallest absolute Gasteiger partial charge is 0.254 e. The summed E-state index contributed by atoms with van der Waals surface area (Å²) in [5.74, 6) is -0.178. The molecule has 0 aromatic heterocycles. The van der Waals surface area contributed by atoms with Gasteiger partial charge in [0.1, 0.15) is 0 Å². The first kappa shape index (κ1) is 15.5. The quantitative estimate of drug-likeness (QED) is 0.892. The second-order valence-corrected chi connectivity index (χ2v) is 6.20. The Morgan fingerprint density at radius 2 is 1.86 bits per heavy atom. The third kappa shape index (κ3) is 3.61. The molecule has 0 spiro atoms. The van der Waals surface area contributed by atoms with Gasteiger partial charge < -0.3 is 16.0 Å². The molecule has 0 radical (unpaired) electrons. The van der Waals surface area contributed by atoms with Gasteiger partial charge in [0.05, 0.1) is 5.54 Å². The van der Waals surface area contributed by atoms with Crippen molar-refractivity contribution in [3.05, 3.63) is 29.3 Å². The van der Waals surface area contributed by atoms with Crippen LogP contribution in [0.5, 0.6) is 0 Å². The minimum atomic E-state index is -0.933. The third-order valence-corrected chi connectivity index (χ3v) is 3.69. The highest BCUT2D eigenvalue weighted by molar-refractivity contribution is 5.99. The molecule has 2 rings (SSSR count). The Hall–Kier alpha value is -1.88. The molecule has 21 heavy (non-hydrogen) atoms. The zero-order valence-electron chi connectivity index (χ0n) is 12.9. The van der Waals surface area contributed by atoms with Crippen molar-refractivity contribution >= 4 is 17.5 Å². The Balaban J connectivity index is 2.14. The summed E-state index contributed by atoms with van der Waals surface area (Å²) in [5.41, 5.74) is 7.04. The van der Waals surface area contributed by atoms with Crippen LogP contribution in [0.2, 0.25) is 0 Å². The van der Waals surface area contributed by atoms with Crippen LogP contribution in [-0.2, 0) is 4.79 Å². The van der Waals surface area contributed by atoms with Gasteiger partial charge in [-0.3, -0.25) is 9.59 Å². The molecule has 1 saturated heterocycles. The number of nitrogens with two attached hydrogens (primary N) is 1. The summed E-state index contributed by atoms with van der Waals surface area (Å²) in [6, 6.07) is 5.34. The van der Waals surface area contributed by atoms with Gasteiger partial charge in [-0.2, -0.15) is 0 Å². The fraction of sp³-hybridized carbons (Fsp3) is 0.500. The third-order valence-electron chi connectivity index (χ3n) is 3.69. The lowest BCUT2D eigenvalue weighted by atomic mass is 10.0. The average Bonchev–Trinajstić information content (AvgIpc) is 2.90. The van der Waals surface area contributed by atoms with Gasteiger partial charge in [0.25, 0.3) is 5.91 Å². The molecule has 0 bridgehead atoms. The standard InChI is InChI=1S/C16H23N3O2/c1-11-10-12(18-15(21)16(2,3)17)6-7-13(11)14(20)19-8-4-5-9-19/h6-7,10H,4-5,8-9,17H2,1-3H3,(H,18,21). The normalized spacial score (nSPS) is 15.1. The van der Waals surface area contributed by atoms with Crippen LogP contribution in [-0.4, -0.2) is 35.3 Å². The molecule has 114 valence electrons. The van der Waals surface area contributed by atoms with E-state index in [1.54, 1.807) is 26.0 Å². The van der Waals surface area contributed by atoms with Crippen LogP contribution in [0.25, 0.3) is 0 Å². The maximum atomic E-state index is 12.4. The Labute approximate surface area is 125 Å². The van der Waals surface area contributed by atoms with E-state index in [2.05, 4.69) is 5.32 Å². The lowest BCUT2D eigenvalue weighted by molar-refractivity contribution is -0.120. The van der Waals surface area contributed by atoms with E-state index in [1.807, 2.05) is 17.9 Å². The molecule has 0 saturated carbocycles. The number of carbonyl (C=O) groups is 2. The average molecular weight is 289 g/mol. The van der Waals surface area contributed by atoms with E-state index in [0.29, 0.717) is 11.3 Å². The summed E-state index contributed by atoms with van der Waals surface area (Å²) in [5, 5.41) is 2.77. The van der Waals surface area contributed by atoms with E-state index in [-0.39, 0.29) is 11.8 Å². The SMILES string of the molecule is Cc1cc(NC(=O)C(C)(C)N)ccc1C(=O)N1CCCC1. The molecule has 1 aliphatic rings. The number of rotatable bonds is 3. The number of anilines is 1. The van der Waals surface area contributed by atoms with E-state index in [9.17, 15) is 9.59 Å². The van der Waals surface area contributed by atoms with Crippen LogP contribution >= 0.6 is 0 Å². The number of nitrogens with one attached hydrogen (secondary N) is 1. The van der Waals surface area contributed by atoms with Crippen LogP contribution in [0.4, 0.5) is 5.69 Å². The topological polar surface area (TPSA) is 75.4 Å². The van der Waals surface area contributed by atoms with Crippen LogP contribution < -0.4 is 11.1 Å². The fourth-order valence-corrected chi connectivity index (χ4v) is 2.36. The van der Waals surface area contributed by atoms with Crippen molar-refractivity contribution in [2.75, 3.05) is 18.4 Å².